The highest BCUT2D eigenvalue weighted by Gasteiger charge is 2.54. The average molecular weight is 621 g/mol. The first-order valence-electron chi connectivity index (χ1n) is 13.2. The Kier molecular flexibility index (Phi) is 13.3. The summed E-state index contributed by atoms with van der Waals surface area (Å²) < 4.78 is 54.6. The molecule has 0 aromatic carbocycles. The van der Waals surface area contributed by atoms with Crippen molar-refractivity contribution in [2.24, 2.45) is 0 Å². The molecule has 0 saturated carbocycles. The molecule has 242 valence electrons. The number of esters is 7. The topological polar surface area (TPSA) is 212 Å². The van der Waals surface area contributed by atoms with Crippen LogP contribution >= 0.6 is 0 Å². The number of rotatable bonds is 11. The third kappa shape index (κ3) is 11.4. The first kappa shape index (κ1) is 35.4. The molecule has 0 spiro atoms. The lowest BCUT2D eigenvalue weighted by atomic mass is 9.97. The Bertz CT molecular complexity index is 1060. The van der Waals surface area contributed by atoms with E-state index in [0.29, 0.717) is 0 Å². The van der Waals surface area contributed by atoms with Gasteiger partial charge < -0.3 is 47.4 Å². The van der Waals surface area contributed by atoms with E-state index in [1.807, 2.05) is 0 Å². The van der Waals surface area contributed by atoms with Crippen LogP contribution in [-0.4, -0.2) is 110 Å². The molecule has 17 heteroatoms. The molecule has 0 radical (unpaired) electrons. The molecular weight excluding hydrogens is 584 g/mol. The largest absolute Gasteiger partial charge is 0.463 e. The van der Waals surface area contributed by atoms with Crippen molar-refractivity contribution < 1.29 is 80.9 Å². The summed E-state index contributed by atoms with van der Waals surface area (Å²) in [4.78, 5) is 82.9. The molecule has 43 heavy (non-hydrogen) atoms. The molecule has 2 rings (SSSR count). The quantitative estimate of drug-likeness (QED) is 0.213. The summed E-state index contributed by atoms with van der Waals surface area (Å²) in [6, 6.07) is 0. The van der Waals surface area contributed by atoms with Crippen LogP contribution in [-0.2, 0) is 80.9 Å². The molecular formula is C26H36O17. The molecule has 0 N–H and O–H groups in total. The van der Waals surface area contributed by atoms with E-state index in [2.05, 4.69) is 0 Å². The van der Waals surface area contributed by atoms with Crippen LogP contribution in [0.4, 0.5) is 0 Å². The molecule has 0 aromatic heterocycles. The van der Waals surface area contributed by atoms with Crippen LogP contribution < -0.4 is 0 Å². The second-order valence-corrected chi connectivity index (χ2v) is 9.57. The summed E-state index contributed by atoms with van der Waals surface area (Å²) in [5.74, 6) is -5.42. The van der Waals surface area contributed by atoms with Crippen LogP contribution in [0.1, 0.15) is 54.9 Å². The van der Waals surface area contributed by atoms with Gasteiger partial charge in [0.05, 0.1) is 0 Å². The van der Waals surface area contributed by atoms with Crippen molar-refractivity contribution in [3.05, 3.63) is 0 Å². The standard InChI is InChI=1S/C26H36O17/c1-11(27)34-9-19-22(37-14(4)30)18(36-13(3)29)8-21(41-19)43-23-20(10-35-12(2)28)42-26(40-17(7)33)25(39-16(6)32)24(23)38-15(5)31/h18-26H,8-10H2,1-7H3/t18?,19?,20?,21-,22?,23?,24?,25?,26?/m0/s1. The van der Waals surface area contributed by atoms with E-state index in [4.69, 9.17) is 47.4 Å². The minimum atomic E-state index is -1.61. The van der Waals surface area contributed by atoms with E-state index in [9.17, 15) is 33.6 Å². The second-order valence-electron chi connectivity index (χ2n) is 9.57. The number of hydrogen-bond acceptors (Lipinski definition) is 17. The molecule has 0 amide bonds. The van der Waals surface area contributed by atoms with Gasteiger partial charge >= 0.3 is 41.8 Å². The maximum Gasteiger partial charge on any atom is 0.305 e. The van der Waals surface area contributed by atoms with Crippen LogP contribution in [0.5, 0.6) is 0 Å². The van der Waals surface area contributed by atoms with E-state index in [0.717, 1.165) is 48.5 Å². The molecule has 2 fully saturated rings. The van der Waals surface area contributed by atoms with Crippen molar-refractivity contribution in [1.82, 2.24) is 0 Å². The lowest BCUT2D eigenvalue weighted by Crippen LogP contribution is -2.64. The molecule has 0 aliphatic carbocycles. The third-order valence-corrected chi connectivity index (χ3v) is 5.79. The molecule has 2 aliphatic heterocycles. The minimum absolute atomic E-state index is 0.261. The molecule has 9 atom stereocenters. The molecule has 2 aliphatic rings. The molecule has 0 aromatic rings. The van der Waals surface area contributed by atoms with Crippen LogP contribution in [0.3, 0.4) is 0 Å². The number of ether oxygens (including phenoxy) is 10. The highest BCUT2D eigenvalue weighted by atomic mass is 16.8. The highest BCUT2D eigenvalue weighted by molar-refractivity contribution is 5.69. The average Bonchev–Trinajstić information content (AvgIpc) is 2.85. The fraction of sp³-hybridized carbons (Fsp3) is 0.731. The van der Waals surface area contributed by atoms with Crippen molar-refractivity contribution in [3.63, 3.8) is 0 Å². The van der Waals surface area contributed by atoms with E-state index < -0.39 is 110 Å². The summed E-state index contributed by atoms with van der Waals surface area (Å²) >= 11 is 0. The molecule has 0 bridgehead atoms. The van der Waals surface area contributed by atoms with Gasteiger partial charge in [-0.1, -0.05) is 0 Å². The monoisotopic (exact) mass is 620 g/mol. The predicted molar refractivity (Wildman–Crippen MR) is 134 cm³/mol. The third-order valence-electron chi connectivity index (χ3n) is 5.79. The van der Waals surface area contributed by atoms with Crippen LogP contribution in [0.15, 0.2) is 0 Å². The smallest absolute Gasteiger partial charge is 0.305 e. The maximum atomic E-state index is 12.2. The van der Waals surface area contributed by atoms with Crippen molar-refractivity contribution in [3.8, 4) is 0 Å². The molecule has 17 nitrogen and oxygen atoms in total. The van der Waals surface area contributed by atoms with Gasteiger partial charge in [0.1, 0.15) is 37.6 Å². The first-order valence-corrected chi connectivity index (χ1v) is 13.2. The number of hydrogen-bond donors (Lipinski definition) is 0. The van der Waals surface area contributed by atoms with Crippen LogP contribution in [0.25, 0.3) is 0 Å². The zero-order valence-electron chi connectivity index (χ0n) is 24.8. The van der Waals surface area contributed by atoms with Crippen molar-refractivity contribution in [2.45, 2.75) is 110 Å². The lowest BCUT2D eigenvalue weighted by Gasteiger charge is -2.46. The Morgan fingerprint density at radius 3 is 1.42 bits per heavy atom. The van der Waals surface area contributed by atoms with Crippen LogP contribution in [0, 0.1) is 0 Å². The van der Waals surface area contributed by atoms with E-state index >= 15 is 0 Å². The Morgan fingerprint density at radius 2 is 0.953 bits per heavy atom. The first-order chi connectivity index (χ1) is 20.1. The Hall–Kier alpha value is -3.83. The Morgan fingerprint density at radius 1 is 0.512 bits per heavy atom. The SMILES string of the molecule is CC(=O)OCC1O[C@@H](OC2C(COC(C)=O)OC(OC(C)=O)C(OC(C)=O)C2OC(C)=O)CC(OC(C)=O)C1OC(C)=O. The van der Waals surface area contributed by atoms with Gasteiger partial charge in [-0.15, -0.1) is 0 Å². The van der Waals surface area contributed by atoms with Crippen molar-refractivity contribution >= 4 is 41.8 Å². The van der Waals surface area contributed by atoms with Crippen molar-refractivity contribution in [2.75, 3.05) is 13.2 Å². The second kappa shape index (κ2) is 16.1. The van der Waals surface area contributed by atoms with Gasteiger partial charge in [-0.05, 0) is 0 Å². The zero-order valence-corrected chi connectivity index (χ0v) is 24.8. The molecule has 8 unspecified atom stereocenters. The van der Waals surface area contributed by atoms with Gasteiger partial charge in [-0.2, -0.15) is 0 Å². The molecule has 2 heterocycles. The minimum Gasteiger partial charge on any atom is -0.463 e. The van der Waals surface area contributed by atoms with Gasteiger partial charge in [0, 0.05) is 54.9 Å². The fourth-order valence-electron chi connectivity index (χ4n) is 4.44. The lowest BCUT2D eigenvalue weighted by molar-refractivity contribution is -0.339. The summed E-state index contributed by atoms with van der Waals surface area (Å²) in [5, 5.41) is 0. The fourth-order valence-corrected chi connectivity index (χ4v) is 4.44. The van der Waals surface area contributed by atoms with E-state index in [1.165, 1.54) is 0 Å². The predicted octanol–water partition coefficient (Wildman–Crippen LogP) is -0.372. The van der Waals surface area contributed by atoms with E-state index in [-0.39, 0.29) is 6.42 Å². The van der Waals surface area contributed by atoms with Gasteiger partial charge in [-0.3, -0.25) is 33.6 Å². The summed E-state index contributed by atoms with van der Waals surface area (Å²) in [6.45, 7) is 6.73. The summed E-state index contributed by atoms with van der Waals surface area (Å²) in [7, 11) is 0. The van der Waals surface area contributed by atoms with Gasteiger partial charge in [-0.25, -0.2) is 0 Å². The summed E-state index contributed by atoms with van der Waals surface area (Å²) in [5.41, 5.74) is 0. The number of carbonyl (C=O) groups excluding carboxylic acids is 7. The summed E-state index contributed by atoms with van der Waals surface area (Å²) in [6.07, 6.45) is -12.6. The normalized spacial score (nSPS) is 30.2. The van der Waals surface area contributed by atoms with Crippen LogP contribution in [0.2, 0.25) is 0 Å². The highest BCUT2D eigenvalue weighted by Crippen LogP contribution is 2.34. The van der Waals surface area contributed by atoms with Gasteiger partial charge in [0.25, 0.3) is 0 Å². The van der Waals surface area contributed by atoms with E-state index in [1.54, 1.807) is 0 Å². The maximum absolute atomic E-state index is 12.2. The Balaban J connectivity index is 2.53. The van der Waals surface area contributed by atoms with Gasteiger partial charge in [0.15, 0.2) is 18.5 Å². The van der Waals surface area contributed by atoms with Gasteiger partial charge in [0.2, 0.25) is 12.4 Å². The number of carbonyl (C=O) groups is 7. The Labute approximate surface area is 246 Å². The molecule has 2 saturated heterocycles. The zero-order chi connectivity index (χ0) is 32.4. The van der Waals surface area contributed by atoms with Crippen molar-refractivity contribution in [1.29, 1.82) is 0 Å².